The highest BCUT2D eigenvalue weighted by atomic mass is 16.1. The summed E-state index contributed by atoms with van der Waals surface area (Å²) in [5, 5.41) is 3.34. The quantitative estimate of drug-likeness (QED) is 0.684. The Hall–Kier alpha value is -0.370. The molecule has 1 unspecified atom stereocenters. The fourth-order valence-electron chi connectivity index (χ4n) is 2.55. The predicted molar refractivity (Wildman–Crippen MR) is 63.9 cm³/mol. The molecule has 1 atom stereocenters. The van der Waals surface area contributed by atoms with E-state index in [1.807, 2.05) is 0 Å². The number of Topliss-reactive ketones (excluding diaryl/α,β-unsaturated/α-hetero) is 1. The highest BCUT2D eigenvalue weighted by Crippen LogP contribution is 2.36. The first-order valence-electron chi connectivity index (χ1n) is 6.37. The van der Waals surface area contributed by atoms with E-state index in [2.05, 4.69) is 26.1 Å². The van der Waals surface area contributed by atoms with Crippen LogP contribution in [-0.2, 0) is 4.79 Å². The Labute approximate surface area is 93.8 Å². The minimum Gasteiger partial charge on any atom is -0.316 e. The maximum Gasteiger partial charge on any atom is 0.140 e. The van der Waals surface area contributed by atoms with Gasteiger partial charge in [-0.05, 0) is 25.3 Å². The molecule has 88 valence electrons. The van der Waals surface area contributed by atoms with E-state index in [0.717, 1.165) is 32.4 Å². The highest BCUT2D eigenvalue weighted by molar-refractivity contribution is 5.85. The maximum atomic E-state index is 12.2. The van der Waals surface area contributed by atoms with Crippen molar-refractivity contribution in [3.8, 4) is 0 Å². The van der Waals surface area contributed by atoms with Crippen LogP contribution in [0.15, 0.2) is 0 Å². The van der Waals surface area contributed by atoms with Gasteiger partial charge in [-0.3, -0.25) is 4.79 Å². The van der Waals surface area contributed by atoms with Gasteiger partial charge in [0, 0.05) is 18.4 Å². The van der Waals surface area contributed by atoms with E-state index in [1.165, 1.54) is 12.8 Å². The average molecular weight is 211 g/mol. The molecular weight excluding hydrogens is 186 g/mol. The number of unbranched alkanes of at least 4 members (excludes halogenated alkanes) is 2. The second-order valence-electron chi connectivity index (χ2n) is 5.12. The summed E-state index contributed by atoms with van der Waals surface area (Å²) in [7, 11) is 0. The second kappa shape index (κ2) is 5.64. The first kappa shape index (κ1) is 12.7. The number of hydrogen-bond donors (Lipinski definition) is 1. The Morgan fingerprint density at radius 3 is 2.60 bits per heavy atom. The zero-order chi connectivity index (χ0) is 11.3. The molecule has 0 radical (unpaired) electrons. The van der Waals surface area contributed by atoms with E-state index in [4.69, 9.17) is 0 Å². The van der Waals surface area contributed by atoms with Gasteiger partial charge >= 0.3 is 0 Å². The normalized spacial score (nSPS) is 26.1. The number of carbonyl (C=O) groups excluding carboxylic acids is 1. The molecule has 0 bridgehead atoms. The summed E-state index contributed by atoms with van der Waals surface area (Å²) in [6.07, 6.45) is 5.28. The van der Waals surface area contributed by atoms with Crippen LogP contribution in [0.1, 0.15) is 52.9 Å². The number of ketones is 1. The molecule has 1 heterocycles. The van der Waals surface area contributed by atoms with Crippen LogP contribution in [0.4, 0.5) is 0 Å². The summed E-state index contributed by atoms with van der Waals surface area (Å²) in [6.45, 7) is 8.46. The number of hydrogen-bond acceptors (Lipinski definition) is 2. The third-order valence-electron chi connectivity index (χ3n) is 3.86. The van der Waals surface area contributed by atoms with Crippen molar-refractivity contribution in [3.05, 3.63) is 0 Å². The Morgan fingerprint density at radius 2 is 2.13 bits per heavy atom. The van der Waals surface area contributed by atoms with Crippen LogP contribution < -0.4 is 5.32 Å². The van der Waals surface area contributed by atoms with Crippen molar-refractivity contribution in [3.63, 3.8) is 0 Å². The third kappa shape index (κ3) is 2.81. The molecule has 0 amide bonds. The molecule has 15 heavy (non-hydrogen) atoms. The standard InChI is InChI=1S/C13H25NO/c1-4-5-6-7-12(15)13(11(2)3)8-9-14-10-13/h11,14H,4-10H2,1-3H3. The van der Waals surface area contributed by atoms with Gasteiger partial charge in [0.2, 0.25) is 0 Å². The van der Waals surface area contributed by atoms with Gasteiger partial charge in [0.25, 0.3) is 0 Å². The topological polar surface area (TPSA) is 29.1 Å². The van der Waals surface area contributed by atoms with E-state index < -0.39 is 0 Å². The van der Waals surface area contributed by atoms with Gasteiger partial charge in [-0.1, -0.05) is 33.6 Å². The Bertz CT molecular complexity index is 205. The molecule has 1 N–H and O–H groups in total. The second-order valence-corrected chi connectivity index (χ2v) is 5.12. The summed E-state index contributed by atoms with van der Waals surface area (Å²) >= 11 is 0. The molecule has 1 aliphatic rings. The van der Waals surface area contributed by atoms with Gasteiger partial charge in [-0.2, -0.15) is 0 Å². The van der Waals surface area contributed by atoms with Crippen molar-refractivity contribution in [2.24, 2.45) is 11.3 Å². The maximum absolute atomic E-state index is 12.2. The summed E-state index contributed by atoms with van der Waals surface area (Å²) in [4.78, 5) is 12.2. The lowest BCUT2D eigenvalue weighted by molar-refractivity contribution is -0.130. The summed E-state index contributed by atoms with van der Waals surface area (Å²) in [6, 6.07) is 0. The molecule has 1 saturated heterocycles. The zero-order valence-electron chi connectivity index (χ0n) is 10.4. The van der Waals surface area contributed by atoms with Gasteiger partial charge < -0.3 is 5.32 Å². The molecule has 0 spiro atoms. The van der Waals surface area contributed by atoms with Crippen LogP contribution in [0.2, 0.25) is 0 Å². The molecular formula is C13H25NO. The minimum atomic E-state index is -0.0479. The van der Waals surface area contributed by atoms with Crippen molar-refractivity contribution in [2.75, 3.05) is 13.1 Å². The van der Waals surface area contributed by atoms with E-state index in [0.29, 0.717) is 11.7 Å². The monoisotopic (exact) mass is 211 g/mol. The molecule has 1 rings (SSSR count). The summed E-state index contributed by atoms with van der Waals surface area (Å²) < 4.78 is 0. The average Bonchev–Trinajstić information content (AvgIpc) is 2.67. The Balaban J connectivity index is 2.52. The largest absolute Gasteiger partial charge is 0.316 e. The van der Waals surface area contributed by atoms with Gasteiger partial charge in [0.05, 0.1) is 0 Å². The molecule has 0 saturated carbocycles. The van der Waals surface area contributed by atoms with Crippen molar-refractivity contribution < 1.29 is 4.79 Å². The molecule has 0 aromatic rings. The van der Waals surface area contributed by atoms with Crippen LogP contribution in [0.3, 0.4) is 0 Å². The molecule has 0 aromatic heterocycles. The van der Waals surface area contributed by atoms with Crippen molar-refractivity contribution in [1.29, 1.82) is 0 Å². The lowest BCUT2D eigenvalue weighted by Gasteiger charge is -2.31. The lowest BCUT2D eigenvalue weighted by atomic mass is 9.72. The van der Waals surface area contributed by atoms with Crippen LogP contribution in [0.25, 0.3) is 0 Å². The zero-order valence-corrected chi connectivity index (χ0v) is 10.4. The van der Waals surface area contributed by atoms with Crippen LogP contribution >= 0.6 is 0 Å². The van der Waals surface area contributed by atoms with E-state index in [1.54, 1.807) is 0 Å². The fourth-order valence-corrected chi connectivity index (χ4v) is 2.55. The fraction of sp³-hybridized carbons (Fsp3) is 0.923. The van der Waals surface area contributed by atoms with Gasteiger partial charge in [-0.15, -0.1) is 0 Å². The molecule has 0 aromatic carbocycles. The van der Waals surface area contributed by atoms with Crippen molar-refractivity contribution in [2.45, 2.75) is 52.9 Å². The van der Waals surface area contributed by atoms with Gasteiger partial charge in [0.15, 0.2) is 0 Å². The van der Waals surface area contributed by atoms with Gasteiger partial charge in [0.1, 0.15) is 5.78 Å². The Kier molecular flexibility index (Phi) is 4.78. The molecule has 2 heteroatoms. The van der Waals surface area contributed by atoms with E-state index in [9.17, 15) is 4.79 Å². The van der Waals surface area contributed by atoms with Crippen LogP contribution in [0, 0.1) is 11.3 Å². The first-order chi connectivity index (χ1) is 7.13. The number of carbonyl (C=O) groups is 1. The minimum absolute atomic E-state index is 0.0479. The summed E-state index contributed by atoms with van der Waals surface area (Å²) in [5.74, 6) is 0.970. The third-order valence-corrected chi connectivity index (χ3v) is 3.86. The van der Waals surface area contributed by atoms with Crippen LogP contribution in [0.5, 0.6) is 0 Å². The van der Waals surface area contributed by atoms with E-state index >= 15 is 0 Å². The molecule has 1 aliphatic heterocycles. The summed E-state index contributed by atoms with van der Waals surface area (Å²) in [5.41, 5.74) is -0.0479. The SMILES string of the molecule is CCCCCC(=O)C1(C(C)C)CCNC1. The smallest absolute Gasteiger partial charge is 0.140 e. The molecule has 0 aliphatic carbocycles. The van der Waals surface area contributed by atoms with Crippen molar-refractivity contribution in [1.82, 2.24) is 5.32 Å². The number of rotatable bonds is 6. The van der Waals surface area contributed by atoms with Gasteiger partial charge in [-0.25, -0.2) is 0 Å². The predicted octanol–water partition coefficient (Wildman–Crippen LogP) is 2.77. The van der Waals surface area contributed by atoms with Crippen LogP contribution in [-0.4, -0.2) is 18.9 Å². The number of nitrogens with one attached hydrogen (secondary N) is 1. The Morgan fingerprint density at radius 1 is 1.40 bits per heavy atom. The van der Waals surface area contributed by atoms with E-state index in [-0.39, 0.29) is 5.41 Å². The highest BCUT2D eigenvalue weighted by Gasteiger charge is 2.42. The molecule has 2 nitrogen and oxygen atoms in total. The van der Waals surface area contributed by atoms with Crippen molar-refractivity contribution >= 4 is 5.78 Å². The molecule has 1 fully saturated rings. The lowest BCUT2D eigenvalue weighted by Crippen LogP contribution is -2.38. The first-order valence-corrected chi connectivity index (χ1v) is 6.37.